The molecule has 1 aliphatic rings. The first kappa shape index (κ1) is 9.21. The van der Waals surface area contributed by atoms with Crippen LogP contribution < -0.4 is 11.1 Å². The van der Waals surface area contributed by atoms with Crippen LogP contribution >= 0.6 is 0 Å². The van der Waals surface area contributed by atoms with Crippen LogP contribution in [0.5, 0.6) is 0 Å². The molecule has 5 nitrogen and oxygen atoms in total. The molecule has 0 spiro atoms. The molecule has 1 aromatic heterocycles. The summed E-state index contributed by atoms with van der Waals surface area (Å²) in [5, 5.41) is 2.98. The maximum Gasteiger partial charge on any atom is 0.212 e. The number of fused-ring (bicyclic) bond motifs is 3. The van der Waals surface area contributed by atoms with Gasteiger partial charge in [-0.2, -0.15) is 0 Å². The third kappa shape index (κ3) is 1.11. The second-order valence-electron chi connectivity index (χ2n) is 4.38. The van der Waals surface area contributed by atoms with Crippen LogP contribution in [0.4, 0.5) is 5.95 Å². The van der Waals surface area contributed by atoms with Crippen molar-refractivity contribution in [1.82, 2.24) is 9.55 Å². The molecule has 0 unspecified atom stereocenters. The number of aromatic nitrogens is 2. The Morgan fingerprint density at radius 1 is 1.31 bits per heavy atom. The van der Waals surface area contributed by atoms with E-state index in [1.807, 2.05) is 38.1 Å². The maximum atomic E-state index is 5.73. The molecule has 0 radical (unpaired) electrons. The van der Waals surface area contributed by atoms with Crippen LogP contribution in [0.2, 0.25) is 0 Å². The first-order valence-electron chi connectivity index (χ1n) is 5.18. The SMILES string of the molecule is CC1(C)N=C(N)Nc2nc3ccccc3n21. The van der Waals surface area contributed by atoms with E-state index in [9.17, 15) is 0 Å². The van der Waals surface area contributed by atoms with Gasteiger partial charge >= 0.3 is 0 Å². The highest BCUT2D eigenvalue weighted by molar-refractivity contribution is 5.94. The van der Waals surface area contributed by atoms with Gasteiger partial charge in [0, 0.05) is 0 Å². The average Bonchev–Trinajstić information content (AvgIpc) is 2.53. The third-order valence-corrected chi connectivity index (χ3v) is 2.74. The number of aliphatic imine (C=N–C) groups is 1. The predicted molar refractivity (Wildman–Crippen MR) is 64.3 cm³/mol. The van der Waals surface area contributed by atoms with Crippen LogP contribution in [0.3, 0.4) is 0 Å². The molecule has 5 heteroatoms. The third-order valence-electron chi connectivity index (χ3n) is 2.74. The summed E-state index contributed by atoms with van der Waals surface area (Å²) < 4.78 is 2.05. The van der Waals surface area contributed by atoms with E-state index >= 15 is 0 Å². The quantitative estimate of drug-likeness (QED) is 0.699. The highest BCUT2D eigenvalue weighted by Crippen LogP contribution is 2.31. The van der Waals surface area contributed by atoms with E-state index < -0.39 is 5.66 Å². The molecule has 82 valence electrons. The Bertz CT molecular complexity index is 593. The number of hydrogen-bond donors (Lipinski definition) is 2. The standard InChI is InChI=1S/C11H13N5/c1-11(2)15-9(12)14-10-13-7-5-3-4-6-8(7)16(10)11/h3-6H,1-2H3,(H3,12,13,14,15). The van der Waals surface area contributed by atoms with Crippen molar-refractivity contribution in [3.63, 3.8) is 0 Å². The second kappa shape index (κ2) is 2.75. The van der Waals surface area contributed by atoms with Crippen molar-refractivity contribution in [2.45, 2.75) is 19.5 Å². The summed E-state index contributed by atoms with van der Waals surface area (Å²) in [4.78, 5) is 8.87. The van der Waals surface area contributed by atoms with Gasteiger partial charge in [-0.05, 0) is 26.0 Å². The van der Waals surface area contributed by atoms with Crippen LogP contribution in [-0.4, -0.2) is 15.5 Å². The molecule has 1 aliphatic heterocycles. The lowest BCUT2D eigenvalue weighted by Crippen LogP contribution is -2.38. The van der Waals surface area contributed by atoms with Crippen LogP contribution in [0.25, 0.3) is 11.0 Å². The van der Waals surface area contributed by atoms with E-state index in [0.29, 0.717) is 5.96 Å². The first-order chi connectivity index (χ1) is 7.58. The van der Waals surface area contributed by atoms with Gasteiger partial charge in [-0.15, -0.1) is 0 Å². The van der Waals surface area contributed by atoms with Gasteiger partial charge in [0.2, 0.25) is 5.95 Å². The zero-order chi connectivity index (χ0) is 11.3. The van der Waals surface area contributed by atoms with E-state index in [2.05, 4.69) is 19.9 Å². The van der Waals surface area contributed by atoms with Gasteiger partial charge in [-0.25, -0.2) is 9.98 Å². The monoisotopic (exact) mass is 215 g/mol. The van der Waals surface area contributed by atoms with Crippen molar-refractivity contribution >= 4 is 22.9 Å². The number of guanidine groups is 1. The molecule has 2 heterocycles. The second-order valence-corrected chi connectivity index (χ2v) is 4.38. The van der Waals surface area contributed by atoms with Crippen LogP contribution in [0.15, 0.2) is 29.3 Å². The molecule has 0 amide bonds. The Hall–Kier alpha value is -2.04. The molecule has 0 aliphatic carbocycles. The van der Waals surface area contributed by atoms with E-state index in [0.717, 1.165) is 17.0 Å². The van der Waals surface area contributed by atoms with Gasteiger partial charge in [-0.3, -0.25) is 9.88 Å². The molecule has 0 bridgehead atoms. The summed E-state index contributed by atoms with van der Waals surface area (Å²) in [7, 11) is 0. The predicted octanol–water partition coefficient (Wildman–Crippen LogP) is 1.47. The Balaban J connectivity index is 2.37. The lowest BCUT2D eigenvalue weighted by molar-refractivity contribution is 0.385. The lowest BCUT2D eigenvalue weighted by atomic mass is 10.2. The molecule has 2 aromatic rings. The molecule has 16 heavy (non-hydrogen) atoms. The van der Waals surface area contributed by atoms with E-state index in [4.69, 9.17) is 5.73 Å². The molecule has 0 fully saturated rings. The smallest absolute Gasteiger partial charge is 0.212 e. The summed E-state index contributed by atoms with van der Waals surface area (Å²) in [5.41, 5.74) is 7.34. The minimum Gasteiger partial charge on any atom is -0.370 e. The van der Waals surface area contributed by atoms with Crippen molar-refractivity contribution in [3.05, 3.63) is 24.3 Å². The summed E-state index contributed by atoms with van der Waals surface area (Å²) in [6, 6.07) is 7.98. The van der Waals surface area contributed by atoms with Crippen molar-refractivity contribution in [2.24, 2.45) is 10.7 Å². The van der Waals surface area contributed by atoms with Crippen LogP contribution in [0, 0.1) is 0 Å². The Morgan fingerprint density at radius 3 is 2.88 bits per heavy atom. The fourth-order valence-electron chi connectivity index (χ4n) is 2.15. The zero-order valence-corrected chi connectivity index (χ0v) is 9.23. The highest BCUT2D eigenvalue weighted by Gasteiger charge is 2.29. The minimum absolute atomic E-state index is 0.402. The fourth-order valence-corrected chi connectivity index (χ4v) is 2.15. The number of nitrogens with one attached hydrogen (secondary N) is 1. The van der Waals surface area contributed by atoms with Gasteiger partial charge in [0.15, 0.2) is 5.96 Å². The largest absolute Gasteiger partial charge is 0.370 e. The Kier molecular flexibility index (Phi) is 1.58. The molecule has 1 aromatic carbocycles. The van der Waals surface area contributed by atoms with Crippen molar-refractivity contribution in [2.75, 3.05) is 5.32 Å². The topological polar surface area (TPSA) is 68.2 Å². The Morgan fingerprint density at radius 2 is 2.06 bits per heavy atom. The summed E-state index contributed by atoms with van der Waals surface area (Å²) >= 11 is 0. The van der Waals surface area contributed by atoms with Gasteiger partial charge in [0.1, 0.15) is 5.66 Å². The van der Waals surface area contributed by atoms with Gasteiger partial charge in [0.05, 0.1) is 11.0 Å². The van der Waals surface area contributed by atoms with Crippen molar-refractivity contribution < 1.29 is 0 Å². The minimum atomic E-state index is -0.402. The van der Waals surface area contributed by atoms with Gasteiger partial charge < -0.3 is 5.73 Å². The molecular formula is C11H13N5. The number of imidazole rings is 1. The molecule has 3 N–H and O–H groups in total. The number of rotatable bonds is 0. The van der Waals surface area contributed by atoms with E-state index in [-0.39, 0.29) is 0 Å². The summed E-state index contributed by atoms with van der Waals surface area (Å²) in [6.07, 6.45) is 0. The number of hydrogen-bond acceptors (Lipinski definition) is 4. The highest BCUT2D eigenvalue weighted by atomic mass is 15.4. The average molecular weight is 215 g/mol. The van der Waals surface area contributed by atoms with Crippen molar-refractivity contribution in [3.8, 4) is 0 Å². The molecule has 0 saturated carbocycles. The summed E-state index contributed by atoms with van der Waals surface area (Å²) in [5.74, 6) is 1.16. The molecule has 0 saturated heterocycles. The van der Waals surface area contributed by atoms with E-state index in [1.165, 1.54) is 0 Å². The fraction of sp³-hybridized carbons (Fsp3) is 0.273. The molecule has 3 rings (SSSR count). The van der Waals surface area contributed by atoms with Gasteiger partial charge in [0.25, 0.3) is 0 Å². The number of benzene rings is 1. The summed E-state index contributed by atoms with van der Waals surface area (Å²) in [6.45, 7) is 4.02. The lowest BCUT2D eigenvalue weighted by Gasteiger charge is -2.29. The first-order valence-corrected chi connectivity index (χ1v) is 5.18. The van der Waals surface area contributed by atoms with Crippen LogP contribution in [-0.2, 0) is 5.66 Å². The van der Waals surface area contributed by atoms with Gasteiger partial charge in [-0.1, -0.05) is 12.1 Å². The number of nitrogens with zero attached hydrogens (tertiary/aromatic N) is 3. The van der Waals surface area contributed by atoms with E-state index in [1.54, 1.807) is 0 Å². The van der Waals surface area contributed by atoms with Crippen LogP contribution in [0.1, 0.15) is 13.8 Å². The van der Waals surface area contributed by atoms with Crippen molar-refractivity contribution in [1.29, 1.82) is 0 Å². The maximum absolute atomic E-state index is 5.73. The number of para-hydroxylation sites is 2. The number of anilines is 1. The zero-order valence-electron chi connectivity index (χ0n) is 9.23. The number of nitrogens with two attached hydrogens (primary N) is 1. The molecule has 0 atom stereocenters. The molecular weight excluding hydrogens is 202 g/mol. The normalized spacial score (nSPS) is 17.8. The Labute approximate surface area is 93.0 Å².